The number of hydrogen-bond donors (Lipinski definition) is 1. The Hall–Kier alpha value is -3.43. The molecule has 2 heterocycles. The Labute approximate surface area is 192 Å². The van der Waals surface area contributed by atoms with Crippen LogP contribution in [0.15, 0.2) is 47.4 Å². The molecule has 2 aliphatic heterocycles. The number of rotatable bonds is 5. The van der Waals surface area contributed by atoms with Crippen molar-refractivity contribution in [3.05, 3.63) is 74.6 Å². The van der Waals surface area contributed by atoms with Crippen molar-refractivity contribution >= 4 is 58.3 Å². The van der Waals surface area contributed by atoms with E-state index < -0.39 is 28.9 Å². The molecule has 2 aromatic carbocycles. The van der Waals surface area contributed by atoms with Crippen molar-refractivity contribution in [1.82, 2.24) is 15.1 Å². The first-order valence-corrected chi connectivity index (χ1v) is 10.7. The van der Waals surface area contributed by atoms with Crippen LogP contribution in [-0.4, -0.2) is 58.8 Å². The summed E-state index contributed by atoms with van der Waals surface area (Å²) >= 11 is 6.68. The number of thioether (sulfide) groups is 1. The largest absolute Gasteiger partial charge is 0.350 e. The van der Waals surface area contributed by atoms with Crippen molar-refractivity contribution < 1.29 is 24.0 Å². The maximum Gasteiger partial charge on any atom is 0.293 e. The summed E-state index contributed by atoms with van der Waals surface area (Å²) in [5.41, 5.74) is 1.36. The second-order valence-corrected chi connectivity index (χ2v) is 8.50. The van der Waals surface area contributed by atoms with Crippen LogP contribution in [0.4, 0.5) is 4.79 Å². The second kappa shape index (κ2) is 8.60. The molecular formula is C22H16ClN3O5S. The maximum absolute atomic E-state index is 12.6. The van der Waals surface area contributed by atoms with E-state index in [9.17, 15) is 24.0 Å². The minimum Gasteiger partial charge on any atom is -0.350 e. The average molecular weight is 470 g/mol. The van der Waals surface area contributed by atoms with E-state index in [0.29, 0.717) is 5.02 Å². The summed E-state index contributed by atoms with van der Waals surface area (Å²) in [7, 11) is 1.38. The fourth-order valence-electron chi connectivity index (χ4n) is 3.29. The van der Waals surface area contributed by atoms with E-state index >= 15 is 0 Å². The number of hydrogen-bond acceptors (Lipinski definition) is 6. The molecular weight excluding hydrogens is 454 g/mol. The number of benzene rings is 2. The van der Waals surface area contributed by atoms with Crippen LogP contribution in [0.1, 0.15) is 36.6 Å². The molecule has 0 spiro atoms. The molecule has 2 aromatic rings. The zero-order valence-electron chi connectivity index (χ0n) is 16.8. The Morgan fingerprint density at radius 2 is 1.69 bits per heavy atom. The highest BCUT2D eigenvalue weighted by Crippen LogP contribution is 2.32. The molecule has 8 nitrogen and oxygen atoms in total. The first-order chi connectivity index (χ1) is 15.3. The highest BCUT2D eigenvalue weighted by molar-refractivity contribution is 8.18. The van der Waals surface area contributed by atoms with E-state index in [0.717, 1.165) is 27.1 Å². The summed E-state index contributed by atoms with van der Waals surface area (Å²) in [6, 6.07) is 11.1. The molecule has 0 aromatic heterocycles. The molecule has 0 aliphatic carbocycles. The molecule has 0 saturated carbocycles. The van der Waals surface area contributed by atoms with Crippen molar-refractivity contribution in [2.24, 2.45) is 0 Å². The zero-order valence-corrected chi connectivity index (χ0v) is 18.3. The lowest BCUT2D eigenvalue weighted by Crippen LogP contribution is -2.37. The summed E-state index contributed by atoms with van der Waals surface area (Å²) in [5, 5.41) is 2.77. The van der Waals surface area contributed by atoms with E-state index in [1.165, 1.54) is 25.2 Å². The first-order valence-electron chi connectivity index (χ1n) is 9.52. The van der Waals surface area contributed by atoms with Gasteiger partial charge < -0.3 is 5.32 Å². The Kier molecular flexibility index (Phi) is 5.86. The van der Waals surface area contributed by atoms with E-state index in [4.69, 9.17) is 11.6 Å². The number of imide groups is 2. The van der Waals surface area contributed by atoms with Gasteiger partial charge in [0.25, 0.3) is 28.9 Å². The normalized spacial score (nSPS) is 16.9. The molecule has 4 rings (SSSR count). The van der Waals surface area contributed by atoms with Crippen LogP contribution in [0, 0.1) is 0 Å². The third-order valence-corrected chi connectivity index (χ3v) is 6.17. The third kappa shape index (κ3) is 4.04. The van der Waals surface area contributed by atoms with Crippen molar-refractivity contribution in [3.8, 4) is 0 Å². The molecule has 1 saturated heterocycles. The van der Waals surface area contributed by atoms with Gasteiger partial charge in [0, 0.05) is 30.7 Å². The summed E-state index contributed by atoms with van der Waals surface area (Å²) in [6.45, 7) is 0.0361. The Bertz CT molecular complexity index is 1210. The van der Waals surface area contributed by atoms with E-state index in [1.807, 2.05) is 0 Å². The van der Waals surface area contributed by atoms with Gasteiger partial charge in [-0.05, 0) is 53.7 Å². The zero-order chi connectivity index (χ0) is 23.0. The number of nitrogens with zero attached hydrogens (tertiary/aromatic N) is 2. The molecule has 2 aliphatic rings. The number of amides is 5. The van der Waals surface area contributed by atoms with Crippen LogP contribution >= 0.6 is 23.4 Å². The third-order valence-electron chi connectivity index (χ3n) is 5.01. The fraction of sp³-hybridized carbons (Fsp3) is 0.136. The second-order valence-electron chi connectivity index (χ2n) is 7.07. The standard InChI is InChI=1S/C22H16ClN3O5S/c1-25-19(28)15-7-4-13(11-16(15)20(25)29)18(27)24-8-9-26-21(30)17(32-22(26)31)10-12-2-5-14(23)6-3-12/h2-7,10-11H,8-9H2,1H3,(H,24,27)/b17-10-. The molecule has 0 bridgehead atoms. The van der Waals surface area contributed by atoms with Gasteiger partial charge in [-0.2, -0.15) is 0 Å². The highest BCUT2D eigenvalue weighted by atomic mass is 35.5. The van der Waals surface area contributed by atoms with Crippen LogP contribution in [0.25, 0.3) is 6.08 Å². The van der Waals surface area contributed by atoms with Crippen molar-refractivity contribution in [2.75, 3.05) is 20.1 Å². The number of halogens is 1. The molecule has 0 radical (unpaired) electrons. The molecule has 5 amide bonds. The lowest BCUT2D eigenvalue weighted by atomic mass is 10.1. The average Bonchev–Trinajstić information content (AvgIpc) is 3.17. The van der Waals surface area contributed by atoms with Gasteiger partial charge in [-0.3, -0.25) is 33.8 Å². The Morgan fingerprint density at radius 3 is 2.41 bits per heavy atom. The topological polar surface area (TPSA) is 104 Å². The van der Waals surface area contributed by atoms with Gasteiger partial charge in [-0.1, -0.05) is 23.7 Å². The van der Waals surface area contributed by atoms with Crippen LogP contribution in [0.3, 0.4) is 0 Å². The number of carbonyl (C=O) groups is 5. The lowest BCUT2D eigenvalue weighted by Gasteiger charge is -2.13. The van der Waals surface area contributed by atoms with Gasteiger partial charge in [-0.25, -0.2) is 0 Å². The molecule has 0 atom stereocenters. The van der Waals surface area contributed by atoms with E-state index in [1.54, 1.807) is 30.3 Å². The SMILES string of the molecule is CN1C(=O)c2ccc(C(=O)NCCN3C(=O)S/C(=C\c4ccc(Cl)cc4)C3=O)cc2C1=O. The predicted octanol–water partition coefficient (Wildman–Crippen LogP) is 3.03. The van der Waals surface area contributed by atoms with Crippen molar-refractivity contribution in [1.29, 1.82) is 0 Å². The Balaban J connectivity index is 1.37. The van der Waals surface area contributed by atoms with Gasteiger partial charge in [0.1, 0.15) is 0 Å². The Morgan fingerprint density at radius 1 is 1.00 bits per heavy atom. The molecule has 1 fully saturated rings. The minimum absolute atomic E-state index is 0.000536. The quantitative estimate of drug-likeness (QED) is 0.533. The molecule has 0 unspecified atom stereocenters. The smallest absolute Gasteiger partial charge is 0.293 e. The van der Waals surface area contributed by atoms with Crippen LogP contribution in [0.2, 0.25) is 5.02 Å². The van der Waals surface area contributed by atoms with Crippen LogP contribution in [-0.2, 0) is 4.79 Å². The van der Waals surface area contributed by atoms with Gasteiger partial charge in [0.15, 0.2) is 0 Å². The summed E-state index contributed by atoms with van der Waals surface area (Å²) in [4.78, 5) is 63.6. The van der Waals surface area contributed by atoms with Crippen molar-refractivity contribution in [2.45, 2.75) is 0 Å². The van der Waals surface area contributed by atoms with Crippen LogP contribution < -0.4 is 5.32 Å². The van der Waals surface area contributed by atoms with Gasteiger partial charge >= 0.3 is 0 Å². The molecule has 10 heteroatoms. The van der Waals surface area contributed by atoms with E-state index in [-0.39, 0.29) is 34.7 Å². The molecule has 32 heavy (non-hydrogen) atoms. The highest BCUT2D eigenvalue weighted by Gasteiger charge is 2.35. The first kappa shape index (κ1) is 21.8. The van der Waals surface area contributed by atoms with Crippen molar-refractivity contribution in [3.63, 3.8) is 0 Å². The molecule has 162 valence electrons. The summed E-state index contributed by atoms with van der Waals surface area (Å²) in [6.07, 6.45) is 1.61. The molecule has 1 N–H and O–H groups in total. The number of fused-ring (bicyclic) bond motifs is 1. The van der Waals surface area contributed by atoms with E-state index in [2.05, 4.69) is 5.32 Å². The summed E-state index contributed by atoms with van der Waals surface area (Å²) in [5.74, 6) is -1.80. The lowest BCUT2D eigenvalue weighted by molar-refractivity contribution is -0.122. The van der Waals surface area contributed by atoms with Gasteiger partial charge in [0.2, 0.25) is 0 Å². The number of carbonyl (C=O) groups excluding carboxylic acids is 5. The summed E-state index contributed by atoms with van der Waals surface area (Å²) < 4.78 is 0. The van der Waals surface area contributed by atoms with Gasteiger partial charge in [-0.15, -0.1) is 0 Å². The fourth-order valence-corrected chi connectivity index (χ4v) is 4.28. The maximum atomic E-state index is 12.6. The monoisotopic (exact) mass is 469 g/mol. The number of nitrogens with one attached hydrogen (secondary N) is 1. The minimum atomic E-state index is -0.480. The van der Waals surface area contributed by atoms with Crippen LogP contribution in [0.5, 0.6) is 0 Å². The van der Waals surface area contributed by atoms with Gasteiger partial charge in [0.05, 0.1) is 16.0 Å². The predicted molar refractivity (Wildman–Crippen MR) is 119 cm³/mol.